The minimum absolute atomic E-state index is 0.383. The number of para-hydroxylation sites is 2. The van der Waals surface area contributed by atoms with Crippen LogP contribution in [0.1, 0.15) is 24.0 Å². The Morgan fingerprint density at radius 2 is 2.24 bits per heavy atom. The van der Waals surface area contributed by atoms with Crippen LogP contribution in [-0.4, -0.2) is 25.8 Å². The molecular weight excluding hydrogens is 266 g/mol. The molecule has 2 aromatic heterocycles. The number of benzene rings is 1. The van der Waals surface area contributed by atoms with Gasteiger partial charge in [-0.05, 0) is 25.5 Å². The largest absolute Gasteiger partial charge is 0.439 e. The predicted molar refractivity (Wildman–Crippen MR) is 77.7 cm³/mol. The van der Waals surface area contributed by atoms with E-state index in [1.165, 1.54) is 0 Å². The number of rotatable bonds is 3. The molecule has 1 N–H and O–H groups in total. The third-order valence-corrected chi connectivity index (χ3v) is 3.84. The maximum atomic E-state index is 5.72. The zero-order valence-corrected chi connectivity index (χ0v) is 11.9. The first-order chi connectivity index (χ1) is 10.3. The summed E-state index contributed by atoms with van der Waals surface area (Å²) in [7, 11) is 0. The number of hydrogen-bond donors (Lipinski definition) is 1. The average Bonchev–Trinajstić information content (AvgIpc) is 3.06. The van der Waals surface area contributed by atoms with Crippen molar-refractivity contribution in [3.05, 3.63) is 41.8 Å². The molecule has 0 saturated carbocycles. The highest BCUT2D eigenvalue weighted by molar-refractivity contribution is 5.72. The van der Waals surface area contributed by atoms with Crippen molar-refractivity contribution >= 4 is 11.1 Å². The van der Waals surface area contributed by atoms with Gasteiger partial charge < -0.3 is 9.73 Å². The number of nitrogens with one attached hydrogen (secondary N) is 1. The summed E-state index contributed by atoms with van der Waals surface area (Å²) >= 11 is 0. The van der Waals surface area contributed by atoms with Crippen LogP contribution in [-0.2, 0) is 19.5 Å². The van der Waals surface area contributed by atoms with E-state index < -0.39 is 0 Å². The van der Waals surface area contributed by atoms with Crippen LogP contribution in [0.15, 0.2) is 28.7 Å². The standard InChI is InChI=1S/C15H17N5O/c1-10-17-14-7-6-11(9-20(14)19-10)16-8-15-18-12-4-2-3-5-13(12)21-15/h2-5,11,16H,6-9H2,1H3/t11-/m1/s1. The molecule has 1 aromatic carbocycles. The first-order valence-electron chi connectivity index (χ1n) is 7.26. The Morgan fingerprint density at radius 3 is 3.14 bits per heavy atom. The third kappa shape index (κ3) is 2.42. The molecule has 3 aromatic rings. The average molecular weight is 283 g/mol. The van der Waals surface area contributed by atoms with Crippen molar-refractivity contribution in [3.63, 3.8) is 0 Å². The Morgan fingerprint density at radius 1 is 1.33 bits per heavy atom. The van der Waals surface area contributed by atoms with Crippen molar-refractivity contribution < 1.29 is 4.42 Å². The molecule has 0 unspecified atom stereocenters. The molecule has 1 aliphatic rings. The molecule has 1 atom stereocenters. The molecule has 3 heterocycles. The van der Waals surface area contributed by atoms with Gasteiger partial charge in [0.05, 0.1) is 13.1 Å². The molecule has 0 bridgehead atoms. The first-order valence-corrected chi connectivity index (χ1v) is 7.26. The Bertz CT molecular complexity index is 742. The second-order valence-corrected chi connectivity index (χ2v) is 5.45. The number of hydrogen-bond acceptors (Lipinski definition) is 5. The summed E-state index contributed by atoms with van der Waals surface area (Å²) in [6, 6.07) is 8.22. The Kier molecular flexibility index (Phi) is 2.96. The summed E-state index contributed by atoms with van der Waals surface area (Å²) < 4.78 is 7.73. The molecule has 21 heavy (non-hydrogen) atoms. The fourth-order valence-corrected chi connectivity index (χ4v) is 2.83. The van der Waals surface area contributed by atoms with Gasteiger partial charge in [0.15, 0.2) is 5.58 Å². The first kappa shape index (κ1) is 12.5. The molecular formula is C15H17N5O. The molecule has 4 rings (SSSR count). The van der Waals surface area contributed by atoms with E-state index in [0.29, 0.717) is 12.6 Å². The number of aromatic nitrogens is 4. The van der Waals surface area contributed by atoms with Gasteiger partial charge in [0, 0.05) is 12.5 Å². The SMILES string of the molecule is Cc1nc2n(n1)C[C@H](NCc1nc3ccccc3o1)CC2. The van der Waals surface area contributed by atoms with Crippen molar-refractivity contribution in [2.24, 2.45) is 0 Å². The van der Waals surface area contributed by atoms with E-state index >= 15 is 0 Å². The summed E-state index contributed by atoms with van der Waals surface area (Å²) in [6.45, 7) is 3.44. The van der Waals surface area contributed by atoms with Crippen molar-refractivity contribution in [1.29, 1.82) is 0 Å². The predicted octanol–water partition coefficient (Wildman–Crippen LogP) is 1.83. The van der Waals surface area contributed by atoms with E-state index in [0.717, 1.165) is 48.0 Å². The van der Waals surface area contributed by atoms with E-state index in [1.807, 2.05) is 35.9 Å². The summed E-state index contributed by atoms with van der Waals surface area (Å²) in [6.07, 6.45) is 2.03. The van der Waals surface area contributed by atoms with Gasteiger partial charge in [0.2, 0.25) is 5.89 Å². The van der Waals surface area contributed by atoms with Crippen molar-refractivity contribution in [1.82, 2.24) is 25.1 Å². The van der Waals surface area contributed by atoms with E-state index in [-0.39, 0.29) is 0 Å². The third-order valence-electron chi connectivity index (χ3n) is 3.84. The Hall–Kier alpha value is -2.21. The summed E-state index contributed by atoms with van der Waals surface area (Å²) in [5, 5.41) is 7.92. The molecule has 0 aliphatic carbocycles. The van der Waals surface area contributed by atoms with Crippen LogP contribution in [0.2, 0.25) is 0 Å². The second-order valence-electron chi connectivity index (χ2n) is 5.45. The van der Waals surface area contributed by atoms with Gasteiger partial charge in [-0.15, -0.1) is 0 Å². The fraction of sp³-hybridized carbons (Fsp3) is 0.400. The van der Waals surface area contributed by atoms with E-state index in [1.54, 1.807) is 0 Å². The summed E-state index contributed by atoms with van der Waals surface area (Å²) in [5.74, 6) is 2.67. The van der Waals surface area contributed by atoms with Crippen LogP contribution in [0.25, 0.3) is 11.1 Å². The van der Waals surface area contributed by atoms with E-state index in [2.05, 4.69) is 20.4 Å². The highest BCUT2D eigenvalue weighted by atomic mass is 16.3. The molecule has 6 heteroatoms. The van der Waals surface area contributed by atoms with Crippen LogP contribution >= 0.6 is 0 Å². The van der Waals surface area contributed by atoms with Crippen molar-refractivity contribution in [2.75, 3.05) is 0 Å². The Labute approximate surface area is 122 Å². The zero-order chi connectivity index (χ0) is 14.2. The lowest BCUT2D eigenvalue weighted by molar-refractivity contribution is 0.343. The maximum absolute atomic E-state index is 5.72. The van der Waals surface area contributed by atoms with E-state index in [4.69, 9.17) is 4.42 Å². The van der Waals surface area contributed by atoms with Crippen LogP contribution in [0.3, 0.4) is 0 Å². The van der Waals surface area contributed by atoms with Gasteiger partial charge in [0.25, 0.3) is 0 Å². The molecule has 6 nitrogen and oxygen atoms in total. The minimum atomic E-state index is 0.383. The number of aryl methyl sites for hydroxylation is 2. The normalized spacial score (nSPS) is 18.0. The van der Waals surface area contributed by atoms with Crippen molar-refractivity contribution in [2.45, 2.75) is 38.9 Å². The van der Waals surface area contributed by atoms with Gasteiger partial charge in [-0.3, -0.25) is 0 Å². The van der Waals surface area contributed by atoms with Gasteiger partial charge in [-0.1, -0.05) is 12.1 Å². The van der Waals surface area contributed by atoms with Crippen LogP contribution in [0.4, 0.5) is 0 Å². The zero-order valence-electron chi connectivity index (χ0n) is 11.9. The molecule has 0 spiro atoms. The molecule has 108 valence electrons. The lowest BCUT2D eigenvalue weighted by atomic mass is 10.1. The number of fused-ring (bicyclic) bond motifs is 2. The summed E-state index contributed by atoms with van der Waals surface area (Å²) in [4.78, 5) is 8.91. The molecule has 0 radical (unpaired) electrons. The van der Waals surface area contributed by atoms with Crippen LogP contribution in [0.5, 0.6) is 0 Å². The highest BCUT2D eigenvalue weighted by Gasteiger charge is 2.20. The lowest BCUT2D eigenvalue weighted by Crippen LogP contribution is -2.37. The number of oxazole rings is 1. The quantitative estimate of drug-likeness (QED) is 0.794. The van der Waals surface area contributed by atoms with Gasteiger partial charge in [0.1, 0.15) is 17.2 Å². The number of nitrogens with zero attached hydrogens (tertiary/aromatic N) is 4. The molecule has 0 amide bonds. The van der Waals surface area contributed by atoms with Crippen molar-refractivity contribution in [3.8, 4) is 0 Å². The smallest absolute Gasteiger partial charge is 0.209 e. The molecule has 1 aliphatic heterocycles. The second kappa shape index (κ2) is 4.96. The monoisotopic (exact) mass is 283 g/mol. The maximum Gasteiger partial charge on any atom is 0.209 e. The fourth-order valence-electron chi connectivity index (χ4n) is 2.83. The highest BCUT2D eigenvalue weighted by Crippen LogP contribution is 2.16. The summed E-state index contributed by atoms with van der Waals surface area (Å²) in [5.41, 5.74) is 1.75. The lowest BCUT2D eigenvalue weighted by Gasteiger charge is -2.22. The van der Waals surface area contributed by atoms with Crippen LogP contribution < -0.4 is 5.32 Å². The van der Waals surface area contributed by atoms with E-state index in [9.17, 15) is 0 Å². The van der Waals surface area contributed by atoms with Gasteiger partial charge >= 0.3 is 0 Å². The Balaban J connectivity index is 1.43. The van der Waals surface area contributed by atoms with Gasteiger partial charge in [-0.25, -0.2) is 14.6 Å². The topological polar surface area (TPSA) is 68.8 Å². The van der Waals surface area contributed by atoms with Gasteiger partial charge in [-0.2, -0.15) is 5.10 Å². The molecule has 0 saturated heterocycles. The molecule has 0 fully saturated rings. The minimum Gasteiger partial charge on any atom is -0.439 e. The van der Waals surface area contributed by atoms with Crippen LogP contribution in [0, 0.1) is 6.92 Å².